The molecule has 2 heterocycles. The lowest BCUT2D eigenvalue weighted by atomic mass is 10.2. The van der Waals surface area contributed by atoms with Crippen molar-refractivity contribution in [1.29, 1.82) is 0 Å². The van der Waals surface area contributed by atoms with Gasteiger partial charge in [0, 0.05) is 41.8 Å². The highest BCUT2D eigenvalue weighted by Gasteiger charge is 2.10. The number of nitrogens with zero attached hydrogens (tertiary/aromatic N) is 3. The summed E-state index contributed by atoms with van der Waals surface area (Å²) in [5, 5.41) is 6.42. The van der Waals surface area contributed by atoms with E-state index in [9.17, 15) is 4.39 Å². The first-order valence-corrected chi connectivity index (χ1v) is 8.75. The molecule has 0 aliphatic carbocycles. The topological polar surface area (TPSA) is 72.0 Å². The Balaban J connectivity index is 1.95. The van der Waals surface area contributed by atoms with Crippen LogP contribution in [0.1, 0.15) is 20.3 Å². The predicted molar refractivity (Wildman–Crippen MR) is 105 cm³/mol. The molecule has 0 saturated carbocycles. The number of hydrogen-bond donors (Lipinski definition) is 2. The van der Waals surface area contributed by atoms with Crippen molar-refractivity contribution in [2.75, 3.05) is 17.7 Å². The Hall–Kier alpha value is -3.22. The van der Waals surface area contributed by atoms with E-state index in [1.165, 1.54) is 13.2 Å². The normalized spacial score (nSPS) is 11.7. The minimum Gasteiger partial charge on any atom is -0.494 e. The number of hydrogen-bond acceptors (Lipinski definition) is 6. The van der Waals surface area contributed by atoms with Crippen LogP contribution in [0.25, 0.3) is 11.3 Å². The van der Waals surface area contributed by atoms with E-state index in [0.717, 1.165) is 17.7 Å². The highest BCUT2D eigenvalue weighted by atomic mass is 19.1. The van der Waals surface area contributed by atoms with E-state index >= 15 is 0 Å². The van der Waals surface area contributed by atoms with Crippen LogP contribution in [0.3, 0.4) is 0 Å². The third kappa shape index (κ3) is 4.69. The van der Waals surface area contributed by atoms with Crippen LogP contribution < -0.4 is 15.4 Å². The number of nitrogens with one attached hydrogen (secondary N) is 2. The minimum atomic E-state index is -0.441. The smallest absolute Gasteiger partial charge is 0.225 e. The number of benzene rings is 1. The molecule has 7 heteroatoms. The molecule has 0 radical (unpaired) electrons. The lowest BCUT2D eigenvalue weighted by Crippen LogP contribution is -2.16. The molecule has 3 aromatic rings. The van der Waals surface area contributed by atoms with Gasteiger partial charge in [0.25, 0.3) is 0 Å². The number of anilines is 3. The van der Waals surface area contributed by atoms with E-state index < -0.39 is 5.82 Å². The lowest BCUT2D eigenvalue weighted by molar-refractivity contribution is 0.386. The molecule has 0 aliphatic heterocycles. The number of rotatable bonds is 7. The van der Waals surface area contributed by atoms with Gasteiger partial charge in [0.1, 0.15) is 5.82 Å². The first-order chi connectivity index (χ1) is 13.1. The van der Waals surface area contributed by atoms with Crippen molar-refractivity contribution in [3.63, 3.8) is 0 Å². The highest BCUT2D eigenvalue weighted by molar-refractivity contribution is 5.67. The molecule has 0 aliphatic rings. The number of halogens is 1. The molecule has 1 atom stereocenters. The maximum Gasteiger partial charge on any atom is 0.225 e. The second kappa shape index (κ2) is 8.44. The maximum absolute atomic E-state index is 14.0. The van der Waals surface area contributed by atoms with Crippen LogP contribution in [-0.4, -0.2) is 28.1 Å². The summed E-state index contributed by atoms with van der Waals surface area (Å²) in [5.41, 5.74) is 2.24. The van der Waals surface area contributed by atoms with E-state index in [0.29, 0.717) is 17.5 Å². The van der Waals surface area contributed by atoms with Gasteiger partial charge in [-0.1, -0.05) is 6.92 Å². The van der Waals surface area contributed by atoms with Crippen LogP contribution in [-0.2, 0) is 0 Å². The maximum atomic E-state index is 14.0. The molecule has 1 aromatic carbocycles. The van der Waals surface area contributed by atoms with Crippen LogP contribution in [0.5, 0.6) is 5.75 Å². The third-order valence-electron chi connectivity index (χ3n) is 4.11. The summed E-state index contributed by atoms with van der Waals surface area (Å²) in [7, 11) is 1.43. The van der Waals surface area contributed by atoms with Gasteiger partial charge in [-0.25, -0.2) is 9.37 Å². The number of pyridine rings is 1. The second-order valence-corrected chi connectivity index (χ2v) is 6.13. The predicted octanol–water partition coefficient (Wildman–Crippen LogP) is 4.64. The van der Waals surface area contributed by atoms with Gasteiger partial charge in [0.05, 0.1) is 12.8 Å². The van der Waals surface area contributed by atoms with Gasteiger partial charge in [0.15, 0.2) is 11.6 Å². The molecule has 0 spiro atoms. The van der Waals surface area contributed by atoms with Crippen LogP contribution in [0, 0.1) is 5.82 Å². The standard InChI is InChI=1S/C20H22FN5O/c1-4-13(2)23-20-25-17(14-7-9-22-10-8-14)12-19(26-20)24-15-5-6-18(27-3)16(21)11-15/h5-13H,4H2,1-3H3,(H2,23,24,25,26)/t13-/m1/s1. The Morgan fingerprint density at radius 3 is 2.56 bits per heavy atom. The van der Waals surface area contributed by atoms with Crippen molar-refractivity contribution in [3.05, 3.63) is 54.6 Å². The molecule has 2 aromatic heterocycles. The number of aromatic nitrogens is 3. The summed E-state index contributed by atoms with van der Waals surface area (Å²) in [6.07, 6.45) is 4.37. The summed E-state index contributed by atoms with van der Waals surface area (Å²) in [6.45, 7) is 4.15. The van der Waals surface area contributed by atoms with Crippen molar-refractivity contribution < 1.29 is 9.13 Å². The molecule has 6 nitrogen and oxygen atoms in total. The fraction of sp³-hybridized carbons (Fsp3) is 0.250. The van der Waals surface area contributed by atoms with Gasteiger partial charge < -0.3 is 15.4 Å². The van der Waals surface area contributed by atoms with Crippen molar-refractivity contribution in [2.24, 2.45) is 0 Å². The fourth-order valence-electron chi connectivity index (χ4n) is 2.46. The summed E-state index contributed by atoms with van der Waals surface area (Å²) in [4.78, 5) is 13.1. The van der Waals surface area contributed by atoms with E-state index in [1.54, 1.807) is 24.5 Å². The molecule has 0 amide bonds. The molecule has 0 fully saturated rings. The quantitative estimate of drug-likeness (QED) is 0.634. The van der Waals surface area contributed by atoms with Gasteiger partial charge in [-0.15, -0.1) is 0 Å². The zero-order valence-corrected chi connectivity index (χ0v) is 15.5. The molecular formula is C20H22FN5O. The monoisotopic (exact) mass is 367 g/mol. The second-order valence-electron chi connectivity index (χ2n) is 6.13. The van der Waals surface area contributed by atoms with Crippen LogP contribution in [0.2, 0.25) is 0 Å². The first kappa shape index (κ1) is 18.6. The summed E-state index contributed by atoms with van der Waals surface area (Å²) in [5.74, 6) is 0.825. The molecule has 0 bridgehead atoms. The van der Waals surface area contributed by atoms with Gasteiger partial charge in [-0.05, 0) is 37.6 Å². The summed E-state index contributed by atoms with van der Waals surface area (Å²) < 4.78 is 18.9. The van der Waals surface area contributed by atoms with E-state index in [2.05, 4.69) is 39.4 Å². The van der Waals surface area contributed by atoms with Gasteiger partial charge in [-0.2, -0.15) is 4.98 Å². The van der Waals surface area contributed by atoms with Crippen molar-refractivity contribution >= 4 is 17.5 Å². The fourth-order valence-corrected chi connectivity index (χ4v) is 2.46. The van der Waals surface area contributed by atoms with E-state index in [1.807, 2.05) is 18.2 Å². The molecular weight excluding hydrogens is 345 g/mol. The van der Waals surface area contributed by atoms with E-state index in [4.69, 9.17) is 4.74 Å². The average molecular weight is 367 g/mol. The van der Waals surface area contributed by atoms with Gasteiger partial charge >= 0.3 is 0 Å². The summed E-state index contributed by atoms with van der Waals surface area (Å²) >= 11 is 0. The average Bonchev–Trinajstić information content (AvgIpc) is 2.68. The zero-order valence-electron chi connectivity index (χ0n) is 15.5. The highest BCUT2D eigenvalue weighted by Crippen LogP contribution is 2.26. The van der Waals surface area contributed by atoms with Crippen molar-refractivity contribution in [1.82, 2.24) is 15.0 Å². The third-order valence-corrected chi connectivity index (χ3v) is 4.11. The van der Waals surface area contributed by atoms with Crippen molar-refractivity contribution in [3.8, 4) is 17.0 Å². The van der Waals surface area contributed by atoms with Crippen LogP contribution >= 0.6 is 0 Å². The minimum absolute atomic E-state index is 0.194. The molecule has 3 rings (SSSR count). The Morgan fingerprint density at radius 2 is 1.89 bits per heavy atom. The molecule has 0 saturated heterocycles. The van der Waals surface area contributed by atoms with Gasteiger partial charge in [-0.3, -0.25) is 4.98 Å². The van der Waals surface area contributed by atoms with Crippen molar-refractivity contribution in [2.45, 2.75) is 26.3 Å². The number of methoxy groups -OCH3 is 1. The molecule has 140 valence electrons. The molecule has 27 heavy (non-hydrogen) atoms. The van der Waals surface area contributed by atoms with E-state index in [-0.39, 0.29) is 11.8 Å². The van der Waals surface area contributed by atoms with Crippen LogP contribution in [0.4, 0.5) is 21.8 Å². The Labute approximate surface area is 157 Å². The SMILES string of the molecule is CC[C@@H](C)Nc1nc(Nc2ccc(OC)c(F)c2)cc(-c2ccncc2)n1. The largest absolute Gasteiger partial charge is 0.494 e. The molecule has 2 N–H and O–H groups in total. The van der Waals surface area contributed by atoms with Gasteiger partial charge in [0.2, 0.25) is 5.95 Å². The molecule has 0 unspecified atom stereocenters. The summed E-state index contributed by atoms with van der Waals surface area (Å²) in [6, 6.07) is 10.5. The van der Waals surface area contributed by atoms with Crippen LogP contribution in [0.15, 0.2) is 48.8 Å². The lowest BCUT2D eigenvalue weighted by Gasteiger charge is -2.15. The Morgan fingerprint density at radius 1 is 1.11 bits per heavy atom. The number of ether oxygens (including phenoxy) is 1. The first-order valence-electron chi connectivity index (χ1n) is 8.75. The Bertz CT molecular complexity index is 904. The Kier molecular flexibility index (Phi) is 5.80. The zero-order chi connectivity index (χ0) is 19.2.